The van der Waals surface area contributed by atoms with Crippen molar-refractivity contribution in [2.45, 2.75) is 13.5 Å². The van der Waals surface area contributed by atoms with Crippen LogP contribution in [0.4, 0.5) is 11.5 Å². The van der Waals surface area contributed by atoms with Crippen molar-refractivity contribution in [3.8, 4) is 0 Å². The van der Waals surface area contributed by atoms with Crippen LogP contribution in [0.2, 0.25) is 0 Å². The standard InChI is InChI=1S/C11H13N5/c1-8-5-9(12)6-13-11(8)14-7-10-3-2-4-15-16-10/h2-6H,7,12H2,1H3,(H,13,14). The summed E-state index contributed by atoms with van der Waals surface area (Å²) in [6.07, 6.45) is 3.28. The number of nitrogens with zero attached hydrogens (tertiary/aromatic N) is 3. The fraction of sp³-hybridized carbons (Fsp3) is 0.182. The Balaban J connectivity index is 2.05. The molecule has 0 unspecified atom stereocenters. The second-order valence-corrected chi connectivity index (χ2v) is 3.50. The summed E-state index contributed by atoms with van der Waals surface area (Å²) < 4.78 is 0. The van der Waals surface area contributed by atoms with Crippen LogP contribution in [0, 0.1) is 6.92 Å². The predicted octanol–water partition coefficient (Wildman–Crippen LogP) is 1.37. The monoisotopic (exact) mass is 215 g/mol. The van der Waals surface area contributed by atoms with E-state index in [1.807, 2.05) is 25.1 Å². The van der Waals surface area contributed by atoms with E-state index < -0.39 is 0 Å². The van der Waals surface area contributed by atoms with Crippen LogP contribution in [0.5, 0.6) is 0 Å². The topological polar surface area (TPSA) is 76.7 Å². The SMILES string of the molecule is Cc1cc(N)cnc1NCc1cccnn1. The van der Waals surface area contributed by atoms with Crippen molar-refractivity contribution in [3.63, 3.8) is 0 Å². The maximum Gasteiger partial charge on any atom is 0.129 e. The molecule has 0 aliphatic heterocycles. The smallest absolute Gasteiger partial charge is 0.129 e. The minimum atomic E-state index is 0.603. The van der Waals surface area contributed by atoms with Crippen molar-refractivity contribution in [3.05, 3.63) is 41.9 Å². The van der Waals surface area contributed by atoms with Gasteiger partial charge in [0.25, 0.3) is 0 Å². The van der Waals surface area contributed by atoms with Crippen molar-refractivity contribution in [2.24, 2.45) is 0 Å². The first kappa shape index (κ1) is 10.4. The van der Waals surface area contributed by atoms with Gasteiger partial charge in [-0.05, 0) is 30.7 Å². The Morgan fingerprint density at radius 1 is 1.44 bits per heavy atom. The molecule has 0 aliphatic rings. The number of pyridine rings is 1. The van der Waals surface area contributed by atoms with E-state index in [1.165, 1.54) is 0 Å². The van der Waals surface area contributed by atoms with E-state index in [4.69, 9.17) is 5.73 Å². The molecule has 0 amide bonds. The van der Waals surface area contributed by atoms with Crippen LogP contribution in [0.3, 0.4) is 0 Å². The summed E-state index contributed by atoms with van der Waals surface area (Å²) in [5.41, 5.74) is 8.18. The molecule has 2 heterocycles. The summed E-state index contributed by atoms with van der Waals surface area (Å²) in [6.45, 7) is 2.56. The highest BCUT2D eigenvalue weighted by Gasteiger charge is 2.00. The van der Waals surface area contributed by atoms with Crippen molar-refractivity contribution in [1.82, 2.24) is 15.2 Å². The fourth-order valence-electron chi connectivity index (χ4n) is 1.38. The van der Waals surface area contributed by atoms with E-state index in [9.17, 15) is 0 Å². The van der Waals surface area contributed by atoms with E-state index in [0.717, 1.165) is 17.1 Å². The first-order valence-corrected chi connectivity index (χ1v) is 4.98. The van der Waals surface area contributed by atoms with Gasteiger partial charge in [0.15, 0.2) is 0 Å². The molecule has 0 atom stereocenters. The van der Waals surface area contributed by atoms with Gasteiger partial charge < -0.3 is 11.1 Å². The summed E-state index contributed by atoms with van der Waals surface area (Å²) in [4.78, 5) is 4.21. The zero-order chi connectivity index (χ0) is 11.4. The van der Waals surface area contributed by atoms with E-state index in [1.54, 1.807) is 12.4 Å². The largest absolute Gasteiger partial charge is 0.397 e. The van der Waals surface area contributed by atoms with Crippen molar-refractivity contribution in [1.29, 1.82) is 0 Å². The van der Waals surface area contributed by atoms with Crippen LogP contribution >= 0.6 is 0 Å². The molecule has 5 heteroatoms. The number of nitrogen functional groups attached to an aromatic ring is 1. The Bertz CT molecular complexity index is 469. The number of anilines is 2. The van der Waals surface area contributed by atoms with Crippen molar-refractivity contribution < 1.29 is 0 Å². The second kappa shape index (κ2) is 4.57. The van der Waals surface area contributed by atoms with Gasteiger partial charge in [-0.2, -0.15) is 10.2 Å². The highest BCUT2D eigenvalue weighted by Crippen LogP contribution is 2.14. The third-order valence-corrected chi connectivity index (χ3v) is 2.16. The number of nitrogens with one attached hydrogen (secondary N) is 1. The van der Waals surface area contributed by atoms with Gasteiger partial charge in [0.05, 0.1) is 24.1 Å². The van der Waals surface area contributed by atoms with Gasteiger partial charge in [-0.1, -0.05) is 0 Å². The van der Waals surface area contributed by atoms with E-state index in [-0.39, 0.29) is 0 Å². The summed E-state index contributed by atoms with van der Waals surface area (Å²) in [7, 11) is 0. The molecule has 2 rings (SSSR count). The minimum Gasteiger partial charge on any atom is -0.397 e. The Morgan fingerprint density at radius 3 is 3.00 bits per heavy atom. The van der Waals surface area contributed by atoms with Crippen LogP contribution in [0.15, 0.2) is 30.6 Å². The van der Waals surface area contributed by atoms with Gasteiger partial charge in [0.2, 0.25) is 0 Å². The number of hydrogen-bond donors (Lipinski definition) is 2. The van der Waals surface area contributed by atoms with Gasteiger partial charge in [0.1, 0.15) is 5.82 Å². The highest BCUT2D eigenvalue weighted by molar-refractivity contribution is 5.50. The third kappa shape index (κ3) is 2.44. The first-order valence-electron chi connectivity index (χ1n) is 4.98. The Kier molecular flexibility index (Phi) is 2.95. The molecule has 0 aliphatic carbocycles. The van der Waals surface area contributed by atoms with Crippen LogP contribution in [-0.2, 0) is 6.54 Å². The van der Waals surface area contributed by atoms with Crippen molar-refractivity contribution >= 4 is 11.5 Å². The van der Waals surface area contributed by atoms with E-state index >= 15 is 0 Å². The lowest BCUT2D eigenvalue weighted by molar-refractivity contribution is 0.919. The van der Waals surface area contributed by atoms with Gasteiger partial charge in [-0.3, -0.25) is 0 Å². The van der Waals surface area contributed by atoms with Crippen LogP contribution < -0.4 is 11.1 Å². The molecule has 0 saturated carbocycles. The number of nitrogens with two attached hydrogens (primary N) is 1. The minimum absolute atomic E-state index is 0.603. The fourth-order valence-corrected chi connectivity index (χ4v) is 1.38. The molecule has 0 fully saturated rings. The first-order chi connectivity index (χ1) is 7.75. The zero-order valence-electron chi connectivity index (χ0n) is 9.01. The maximum atomic E-state index is 5.62. The number of aromatic nitrogens is 3. The molecule has 2 aromatic rings. The van der Waals surface area contributed by atoms with Gasteiger partial charge in [-0.25, -0.2) is 4.98 Å². The molecule has 5 nitrogen and oxygen atoms in total. The van der Waals surface area contributed by atoms with Gasteiger partial charge >= 0.3 is 0 Å². The van der Waals surface area contributed by atoms with Gasteiger partial charge in [-0.15, -0.1) is 0 Å². The molecular formula is C11H13N5. The van der Waals surface area contributed by atoms with E-state index in [0.29, 0.717) is 12.2 Å². The molecule has 0 aromatic carbocycles. The van der Waals surface area contributed by atoms with Crippen LogP contribution in [0.25, 0.3) is 0 Å². The van der Waals surface area contributed by atoms with Crippen molar-refractivity contribution in [2.75, 3.05) is 11.1 Å². The third-order valence-electron chi connectivity index (χ3n) is 2.16. The molecular weight excluding hydrogens is 202 g/mol. The van der Waals surface area contributed by atoms with Crippen LogP contribution in [0.1, 0.15) is 11.3 Å². The molecule has 0 bridgehead atoms. The zero-order valence-corrected chi connectivity index (χ0v) is 9.01. The quantitative estimate of drug-likeness (QED) is 0.808. The molecule has 0 spiro atoms. The molecule has 16 heavy (non-hydrogen) atoms. The Labute approximate surface area is 93.7 Å². The highest BCUT2D eigenvalue weighted by atomic mass is 15.1. The molecule has 82 valence electrons. The normalized spacial score (nSPS) is 10.1. The summed E-state index contributed by atoms with van der Waals surface area (Å²) in [6, 6.07) is 5.64. The number of rotatable bonds is 3. The lowest BCUT2D eigenvalue weighted by Crippen LogP contribution is -2.05. The van der Waals surface area contributed by atoms with Crippen LogP contribution in [-0.4, -0.2) is 15.2 Å². The average molecular weight is 215 g/mol. The molecule has 3 N–H and O–H groups in total. The number of hydrogen-bond acceptors (Lipinski definition) is 5. The maximum absolute atomic E-state index is 5.62. The summed E-state index contributed by atoms with van der Waals surface area (Å²) in [5, 5.41) is 11.0. The number of aryl methyl sites for hydroxylation is 1. The lowest BCUT2D eigenvalue weighted by atomic mass is 10.2. The Morgan fingerprint density at radius 2 is 2.31 bits per heavy atom. The summed E-state index contributed by atoms with van der Waals surface area (Å²) >= 11 is 0. The lowest BCUT2D eigenvalue weighted by Gasteiger charge is -2.07. The molecule has 0 radical (unpaired) electrons. The second-order valence-electron chi connectivity index (χ2n) is 3.50. The van der Waals surface area contributed by atoms with Gasteiger partial charge in [0, 0.05) is 6.20 Å². The molecule has 2 aromatic heterocycles. The van der Waals surface area contributed by atoms with E-state index in [2.05, 4.69) is 20.5 Å². The predicted molar refractivity (Wildman–Crippen MR) is 62.7 cm³/mol. The average Bonchev–Trinajstić information content (AvgIpc) is 2.29. The molecule has 0 saturated heterocycles. The summed E-state index contributed by atoms with van der Waals surface area (Å²) in [5.74, 6) is 0.819. The Hall–Kier alpha value is -2.17.